The first-order valence-corrected chi connectivity index (χ1v) is 22.0. The highest BCUT2D eigenvalue weighted by Gasteiger charge is 2.30. The molecule has 4 atom stereocenters. The number of rotatable bonds is 20. The zero-order chi connectivity index (χ0) is 40.3. The largest absolute Gasteiger partial charge is 0.494 e. The lowest BCUT2D eigenvalue weighted by Crippen LogP contribution is -2.46. The van der Waals surface area contributed by atoms with Crippen molar-refractivity contribution in [2.75, 3.05) is 63.9 Å². The van der Waals surface area contributed by atoms with E-state index >= 15 is 0 Å². The molecular weight excluding hydrogens is 701 g/mol. The molecule has 0 spiro atoms. The molecule has 57 heavy (non-hydrogen) atoms. The number of allylic oxidation sites excluding steroid dienone is 8. The monoisotopic (exact) mass is 773 g/mol. The third-order valence-corrected chi connectivity index (χ3v) is 13.0. The number of aryl methyl sites for hydroxylation is 1. The predicted octanol–water partition coefficient (Wildman–Crippen LogP) is 9.88. The van der Waals surface area contributed by atoms with Gasteiger partial charge in [-0.15, -0.1) is 0 Å². The summed E-state index contributed by atoms with van der Waals surface area (Å²) >= 11 is 0. The molecule has 0 aromatic heterocycles. The van der Waals surface area contributed by atoms with Gasteiger partial charge in [0.1, 0.15) is 6.61 Å². The van der Waals surface area contributed by atoms with Crippen LogP contribution in [0.25, 0.3) is 0 Å². The van der Waals surface area contributed by atoms with E-state index in [0.29, 0.717) is 18.4 Å². The Balaban J connectivity index is 0.940. The van der Waals surface area contributed by atoms with Gasteiger partial charge in [-0.1, -0.05) is 67.8 Å². The van der Waals surface area contributed by atoms with Gasteiger partial charge in [-0.05, 0) is 168 Å². The molecule has 308 valence electrons. The predicted molar refractivity (Wildman–Crippen MR) is 240 cm³/mol. The quantitative estimate of drug-likeness (QED) is 0.103. The first kappa shape index (κ1) is 42.8. The maximum atomic E-state index is 11.7. The fourth-order valence-electron chi connectivity index (χ4n) is 8.93. The Labute approximate surface area is 345 Å². The molecule has 3 aliphatic heterocycles. The van der Waals surface area contributed by atoms with Gasteiger partial charge in [0, 0.05) is 62.6 Å². The van der Waals surface area contributed by atoms with Crippen LogP contribution in [0.4, 0.5) is 5.69 Å². The van der Waals surface area contributed by atoms with Crippen molar-refractivity contribution in [3.8, 4) is 0 Å². The summed E-state index contributed by atoms with van der Waals surface area (Å²) < 4.78 is 6.26. The van der Waals surface area contributed by atoms with E-state index in [2.05, 4.69) is 135 Å². The number of ether oxygens (including phenoxy) is 1. The van der Waals surface area contributed by atoms with Crippen LogP contribution in [-0.4, -0.2) is 79.9 Å². The number of benzene rings is 2. The van der Waals surface area contributed by atoms with Gasteiger partial charge in [0.05, 0.1) is 11.9 Å². The molecule has 3 heterocycles. The van der Waals surface area contributed by atoms with Gasteiger partial charge in [-0.2, -0.15) is 0 Å². The van der Waals surface area contributed by atoms with E-state index in [0.717, 1.165) is 88.9 Å². The van der Waals surface area contributed by atoms with Gasteiger partial charge < -0.3 is 29.9 Å². The van der Waals surface area contributed by atoms with E-state index in [1.165, 1.54) is 76.9 Å². The second-order valence-corrected chi connectivity index (χ2v) is 17.7. The van der Waals surface area contributed by atoms with Crippen LogP contribution in [-0.2, 0) is 17.6 Å². The number of nitrogens with one attached hydrogen (secondary N) is 1. The topological polar surface area (TPSA) is 51.2 Å². The smallest absolute Gasteiger partial charge is 0.109 e. The van der Waals surface area contributed by atoms with Crippen molar-refractivity contribution in [1.82, 2.24) is 15.1 Å². The highest BCUT2D eigenvalue weighted by molar-refractivity contribution is 5.50. The molecule has 4 unspecified atom stereocenters. The highest BCUT2D eigenvalue weighted by atomic mass is 16.5. The van der Waals surface area contributed by atoms with Crippen molar-refractivity contribution < 1.29 is 9.84 Å². The van der Waals surface area contributed by atoms with Crippen molar-refractivity contribution in [3.63, 3.8) is 0 Å². The van der Waals surface area contributed by atoms with Crippen molar-refractivity contribution in [2.24, 2.45) is 17.8 Å². The number of aliphatic hydroxyl groups excluding tert-OH is 1. The molecule has 0 bridgehead atoms. The van der Waals surface area contributed by atoms with Gasteiger partial charge in [-0.25, -0.2) is 0 Å². The summed E-state index contributed by atoms with van der Waals surface area (Å²) in [5, 5.41) is 15.6. The Morgan fingerprint density at radius 3 is 2.42 bits per heavy atom. The fraction of sp³-hybridized carbons (Fsp3) is 0.529. The van der Waals surface area contributed by atoms with E-state index in [9.17, 15) is 5.11 Å². The molecular formula is C51H72N4O2. The minimum atomic E-state index is -0.507. The van der Waals surface area contributed by atoms with Crippen LogP contribution >= 0.6 is 0 Å². The zero-order valence-corrected chi connectivity index (χ0v) is 35.9. The molecule has 6 nitrogen and oxygen atoms in total. The molecule has 1 saturated carbocycles. The maximum absolute atomic E-state index is 11.7. The summed E-state index contributed by atoms with van der Waals surface area (Å²) in [7, 11) is 0. The minimum absolute atomic E-state index is 0.0262. The Morgan fingerprint density at radius 2 is 1.72 bits per heavy atom. The van der Waals surface area contributed by atoms with Crippen molar-refractivity contribution >= 4 is 5.69 Å². The van der Waals surface area contributed by atoms with Gasteiger partial charge in [0.25, 0.3) is 0 Å². The molecule has 6 rings (SSSR count). The van der Waals surface area contributed by atoms with E-state index < -0.39 is 6.10 Å². The Kier molecular flexibility index (Phi) is 15.5. The molecule has 2 N–H and O–H groups in total. The molecule has 4 fully saturated rings. The fourth-order valence-corrected chi connectivity index (χ4v) is 8.93. The van der Waals surface area contributed by atoms with Crippen molar-refractivity contribution in [1.29, 1.82) is 0 Å². The lowest BCUT2D eigenvalue weighted by atomic mass is 9.95. The van der Waals surface area contributed by atoms with E-state index in [-0.39, 0.29) is 6.04 Å². The zero-order valence-electron chi connectivity index (χ0n) is 35.9. The summed E-state index contributed by atoms with van der Waals surface area (Å²) in [4.78, 5) is 7.51. The van der Waals surface area contributed by atoms with Gasteiger partial charge in [0.15, 0.2) is 0 Å². The van der Waals surface area contributed by atoms with E-state index in [4.69, 9.17) is 4.74 Å². The minimum Gasteiger partial charge on any atom is -0.494 e. The molecule has 3 saturated heterocycles. The second kappa shape index (κ2) is 20.7. The summed E-state index contributed by atoms with van der Waals surface area (Å²) in [6.45, 7) is 27.9. The number of hydrogen-bond donors (Lipinski definition) is 2. The van der Waals surface area contributed by atoms with Crippen LogP contribution in [0.1, 0.15) is 94.6 Å². The lowest BCUT2D eigenvalue weighted by Gasteiger charge is -2.30. The Bertz CT molecular complexity index is 1780. The van der Waals surface area contributed by atoms with Crippen LogP contribution in [0.15, 0.2) is 114 Å². The molecule has 2 aromatic rings. The number of anilines is 1. The van der Waals surface area contributed by atoms with Crippen LogP contribution < -0.4 is 10.2 Å². The Hall–Kier alpha value is -3.84. The number of aliphatic hydroxyl groups is 1. The van der Waals surface area contributed by atoms with E-state index in [1.54, 1.807) is 0 Å². The summed E-state index contributed by atoms with van der Waals surface area (Å²) in [6, 6.07) is 15.7. The first-order valence-electron chi connectivity index (χ1n) is 22.0. The van der Waals surface area contributed by atoms with Gasteiger partial charge in [-0.3, -0.25) is 0 Å². The summed E-state index contributed by atoms with van der Waals surface area (Å²) in [5.74, 6) is 2.66. The first-order chi connectivity index (χ1) is 27.6. The van der Waals surface area contributed by atoms with Gasteiger partial charge >= 0.3 is 0 Å². The standard InChI is InChI=1S/C51H72N4O2/c1-8-12-38(4)45(9-2)30-43-17-21-49(22-18-43)55-28-24-48(34-55)41(7)57-36-37(3)13-14-40(6)54-27-23-44(33-54)32-52-50(35-53-25-10-11-26-53)51(56)47-20-19-46(39(5)29-47)31-42-15-16-42/h8-9,12-14,17-22,29,42,44,48,50-52,56H,2,7,10-11,15-16,23-28,30-36H2,1,3-6H3. The van der Waals surface area contributed by atoms with E-state index in [1.807, 2.05) is 6.08 Å². The second-order valence-electron chi connectivity index (χ2n) is 17.7. The van der Waals surface area contributed by atoms with Gasteiger partial charge in [0.2, 0.25) is 0 Å². The maximum Gasteiger partial charge on any atom is 0.109 e. The normalized spacial score (nSPS) is 22.4. The SMILES string of the molecule is C=CC(Cc1ccc(N2CCC(C(=C)OCC(C)=CC=C(C)N3CCC(CNC(CN4CCCC4)C(O)c4ccc(CC5CC5)c(C)c4)C3)C2)cc1)=C(C)C=CC. The van der Waals surface area contributed by atoms with Crippen LogP contribution in [0, 0.1) is 24.7 Å². The highest BCUT2D eigenvalue weighted by Crippen LogP contribution is 2.34. The van der Waals surface area contributed by atoms with Crippen molar-refractivity contribution in [2.45, 2.75) is 98.1 Å². The molecule has 1 aliphatic carbocycles. The van der Waals surface area contributed by atoms with Crippen molar-refractivity contribution in [3.05, 3.63) is 136 Å². The van der Waals surface area contributed by atoms with Crippen LogP contribution in [0.3, 0.4) is 0 Å². The average Bonchev–Trinajstić information content (AvgIpc) is 3.57. The molecule has 0 radical (unpaired) electrons. The molecule has 2 aromatic carbocycles. The number of hydrogen-bond acceptors (Lipinski definition) is 6. The lowest BCUT2D eigenvalue weighted by molar-refractivity contribution is 0.104. The van der Waals surface area contributed by atoms with Crippen LogP contribution in [0.5, 0.6) is 0 Å². The molecule has 6 heteroatoms. The molecule has 0 amide bonds. The average molecular weight is 773 g/mol. The summed E-state index contributed by atoms with van der Waals surface area (Å²) in [6.07, 6.45) is 19.7. The molecule has 4 aliphatic rings. The third kappa shape index (κ3) is 12.3. The third-order valence-electron chi connectivity index (χ3n) is 13.0. The Morgan fingerprint density at radius 1 is 0.947 bits per heavy atom. The van der Waals surface area contributed by atoms with Crippen LogP contribution in [0.2, 0.25) is 0 Å². The summed E-state index contributed by atoms with van der Waals surface area (Å²) in [5.41, 5.74) is 11.4. The number of nitrogens with zero attached hydrogens (tertiary/aromatic N) is 3. The number of likely N-dealkylation sites (tertiary alicyclic amines) is 2.